The maximum atomic E-state index is 12.8. The van der Waals surface area contributed by atoms with Crippen LogP contribution in [0.2, 0.25) is 0 Å². The van der Waals surface area contributed by atoms with Crippen molar-refractivity contribution < 1.29 is 17.9 Å². The van der Waals surface area contributed by atoms with Gasteiger partial charge in [0, 0.05) is 32.7 Å². The van der Waals surface area contributed by atoms with Crippen LogP contribution in [0.4, 0.5) is 4.79 Å². The van der Waals surface area contributed by atoms with E-state index >= 15 is 0 Å². The zero-order chi connectivity index (χ0) is 20.3. The second-order valence-corrected chi connectivity index (χ2v) is 10.5. The number of carbonyl (C=O) groups excluding carboxylic acids is 1. The molecule has 2 amide bonds. The number of hydrogen-bond donors (Lipinski definition) is 1. The molecule has 0 atom stereocenters. The van der Waals surface area contributed by atoms with Gasteiger partial charge < -0.3 is 15.0 Å². The maximum absolute atomic E-state index is 12.8. The van der Waals surface area contributed by atoms with E-state index in [4.69, 9.17) is 4.74 Å². The van der Waals surface area contributed by atoms with Crippen molar-refractivity contribution in [2.75, 3.05) is 39.4 Å². The highest BCUT2D eigenvalue weighted by atomic mass is 32.2. The third-order valence-corrected chi connectivity index (χ3v) is 8.44. The number of hydrogen-bond acceptors (Lipinski definition) is 4. The van der Waals surface area contributed by atoms with E-state index in [0.717, 1.165) is 30.6 Å². The molecule has 3 aliphatic rings. The highest BCUT2D eigenvalue weighted by Gasteiger charge is 2.41. The second-order valence-electron chi connectivity index (χ2n) is 8.57. The minimum Gasteiger partial charge on any atom is -0.379 e. The van der Waals surface area contributed by atoms with E-state index in [2.05, 4.69) is 5.32 Å². The van der Waals surface area contributed by atoms with Crippen LogP contribution in [-0.2, 0) is 27.1 Å². The van der Waals surface area contributed by atoms with Gasteiger partial charge in [-0.3, -0.25) is 0 Å². The molecule has 1 N–H and O–H groups in total. The largest absolute Gasteiger partial charge is 0.379 e. The average molecular weight is 422 g/mol. The summed E-state index contributed by atoms with van der Waals surface area (Å²) in [6.07, 6.45) is 6.05. The predicted octanol–water partition coefficient (Wildman–Crippen LogP) is 2.32. The van der Waals surface area contributed by atoms with Gasteiger partial charge in [0.1, 0.15) is 0 Å². The summed E-state index contributed by atoms with van der Waals surface area (Å²) >= 11 is 0. The predicted molar refractivity (Wildman–Crippen MR) is 111 cm³/mol. The molecule has 0 aromatic heterocycles. The molecule has 0 bridgehead atoms. The smallest absolute Gasteiger partial charge is 0.317 e. The molecule has 160 valence electrons. The molecule has 1 saturated carbocycles. The fraction of sp³-hybridized carbons (Fsp3) is 0.667. The van der Waals surface area contributed by atoms with Crippen molar-refractivity contribution in [3.05, 3.63) is 35.4 Å². The van der Waals surface area contributed by atoms with E-state index in [1.54, 1.807) is 0 Å². The Morgan fingerprint density at radius 3 is 2.41 bits per heavy atom. The van der Waals surface area contributed by atoms with Gasteiger partial charge in [0.25, 0.3) is 0 Å². The number of nitrogens with zero attached hydrogens (tertiary/aromatic N) is 2. The minimum absolute atomic E-state index is 0.0400. The monoisotopic (exact) mass is 421 g/mol. The highest BCUT2D eigenvalue weighted by Crippen LogP contribution is 2.47. The molecule has 0 unspecified atom stereocenters. The summed E-state index contributed by atoms with van der Waals surface area (Å²) in [6.45, 7) is 3.68. The molecule has 7 nitrogen and oxygen atoms in total. The Labute approximate surface area is 173 Å². The number of ether oxygens (including phenoxy) is 1. The number of nitrogens with one attached hydrogen (secondary N) is 1. The van der Waals surface area contributed by atoms with Crippen LogP contribution in [0.5, 0.6) is 0 Å². The van der Waals surface area contributed by atoms with E-state index in [1.165, 1.54) is 30.0 Å². The number of carbonyl (C=O) groups is 1. The molecule has 0 radical (unpaired) electrons. The molecular formula is C21H31N3O4S. The normalized spacial score (nSPS) is 22.3. The molecular weight excluding hydrogens is 390 g/mol. The van der Waals surface area contributed by atoms with Crippen LogP contribution >= 0.6 is 0 Å². The van der Waals surface area contributed by atoms with Crippen molar-refractivity contribution in [3.8, 4) is 0 Å². The molecule has 8 heteroatoms. The van der Waals surface area contributed by atoms with Crippen LogP contribution < -0.4 is 5.32 Å². The lowest BCUT2D eigenvalue weighted by molar-refractivity contribution is 0.0368. The number of sulfonamides is 1. The fourth-order valence-corrected chi connectivity index (χ4v) is 6.29. The third-order valence-electron chi connectivity index (χ3n) is 6.61. The van der Waals surface area contributed by atoms with Crippen molar-refractivity contribution in [2.45, 2.75) is 44.4 Å². The summed E-state index contributed by atoms with van der Waals surface area (Å²) in [6, 6.07) is 7.43. The van der Waals surface area contributed by atoms with E-state index in [-0.39, 0.29) is 11.8 Å². The summed E-state index contributed by atoms with van der Waals surface area (Å²) < 4.78 is 32.3. The third kappa shape index (κ3) is 4.75. The number of morpholine rings is 1. The highest BCUT2D eigenvalue weighted by molar-refractivity contribution is 7.88. The molecule has 1 aliphatic carbocycles. The SMILES string of the molecule is O=C(NCc1ccccc1CS(=O)(=O)N1CCOCC1)N1CCCC2(CCC2)C1. The van der Waals surface area contributed by atoms with Gasteiger partial charge in [0.2, 0.25) is 10.0 Å². The Balaban J connectivity index is 1.37. The Morgan fingerprint density at radius 2 is 1.72 bits per heavy atom. The molecule has 1 aromatic rings. The first kappa shape index (κ1) is 20.6. The second kappa shape index (κ2) is 8.62. The standard InChI is InChI=1S/C21H31N3O4S/c25-20(23-10-4-9-21(17-23)7-3-8-21)22-15-18-5-1-2-6-19(18)16-29(26,27)24-11-13-28-14-12-24/h1-2,5-6H,3-4,7-17H2,(H,22,25). The van der Waals surface area contributed by atoms with E-state index in [9.17, 15) is 13.2 Å². The van der Waals surface area contributed by atoms with E-state index in [0.29, 0.717) is 38.3 Å². The van der Waals surface area contributed by atoms with Crippen molar-refractivity contribution in [3.63, 3.8) is 0 Å². The van der Waals surface area contributed by atoms with Gasteiger partial charge in [0.05, 0.1) is 19.0 Å². The Bertz CT molecular complexity index is 832. The van der Waals surface area contributed by atoms with Crippen LogP contribution in [0.1, 0.15) is 43.2 Å². The first-order chi connectivity index (χ1) is 14.0. The number of benzene rings is 1. The topological polar surface area (TPSA) is 79.0 Å². The van der Waals surface area contributed by atoms with Crippen LogP contribution in [0.25, 0.3) is 0 Å². The Morgan fingerprint density at radius 1 is 1.03 bits per heavy atom. The van der Waals surface area contributed by atoms with Crippen molar-refractivity contribution in [2.24, 2.45) is 5.41 Å². The first-order valence-electron chi connectivity index (χ1n) is 10.6. The molecule has 3 fully saturated rings. The number of piperidine rings is 1. The van der Waals surface area contributed by atoms with Crippen LogP contribution in [-0.4, -0.2) is 63.0 Å². The molecule has 2 aliphatic heterocycles. The van der Waals surface area contributed by atoms with E-state index in [1.807, 2.05) is 29.2 Å². The number of likely N-dealkylation sites (tertiary alicyclic amines) is 1. The van der Waals surface area contributed by atoms with Crippen molar-refractivity contribution in [1.29, 1.82) is 0 Å². The Hall–Kier alpha value is -1.64. The minimum atomic E-state index is -3.40. The van der Waals surface area contributed by atoms with Gasteiger partial charge in [-0.15, -0.1) is 0 Å². The van der Waals surface area contributed by atoms with Gasteiger partial charge in [0.15, 0.2) is 0 Å². The fourth-order valence-electron chi connectivity index (χ4n) is 4.73. The van der Waals surface area contributed by atoms with Crippen LogP contribution in [0.3, 0.4) is 0 Å². The first-order valence-corrected chi connectivity index (χ1v) is 12.2. The van der Waals surface area contributed by atoms with Crippen LogP contribution in [0, 0.1) is 5.41 Å². The quantitative estimate of drug-likeness (QED) is 0.791. The molecule has 1 spiro atoms. The van der Waals surface area contributed by atoms with Crippen LogP contribution in [0.15, 0.2) is 24.3 Å². The molecule has 2 heterocycles. The van der Waals surface area contributed by atoms with Gasteiger partial charge in [-0.25, -0.2) is 13.2 Å². The summed E-state index contributed by atoms with van der Waals surface area (Å²) in [5, 5.41) is 3.02. The molecule has 4 rings (SSSR count). The van der Waals surface area contributed by atoms with E-state index < -0.39 is 10.0 Å². The zero-order valence-corrected chi connectivity index (χ0v) is 17.8. The zero-order valence-electron chi connectivity index (χ0n) is 16.9. The lowest BCUT2D eigenvalue weighted by Gasteiger charge is -2.48. The van der Waals surface area contributed by atoms with Crippen molar-refractivity contribution >= 4 is 16.1 Å². The summed E-state index contributed by atoms with van der Waals surface area (Å²) in [4.78, 5) is 14.7. The number of amides is 2. The lowest BCUT2D eigenvalue weighted by Crippen LogP contribution is -2.52. The number of rotatable bonds is 5. The maximum Gasteiger partial charge on any atom is 0.317 e. The molecule has 2 saturated heterocycles. The van der Waals surface area contributed by atoms with Gasteiger partial charge >= 0.3 is 6.03 Å². The summed E-state index contributed by atoms with van der Waals surface area (Å²) in [7, 11) is -3.40. The average Bonchev–Trinajstić information content (AvgIpc) is 2.72. The lowest BCUT2D eigenvalue weighted by atomic mass is 9.64. The van der Waals surface area contributed by atoms with Crippen molar-refractivity contribution in [1.82, 2.24) is 14.5 Å². The molecule has 29 heavy (non-hydrogen) atoms. The summed E-state index contributed by atoms with van der Waals surface area (Å²) in [5.74, 6) is -0.0497. The number of urea groups is 1. The van der Waals surface area contributed by atoms with Gasteiger partial charge in [-0.1, -0.05) is 30.7 Å². The van der Waals surface area contributed by atoms with Gasteiger partial charge in [-0.2, -0.15) is 4.31 Å². The summed E-state index contributed by atoms with van der Waals surface area (Å²) in [5.41, 5.74) is 1.96. The molecule has 1 aromatic carbocycles. The van der Waals surface area contributed by atoms with Gasteiger partial charge in [-0.05, 0) is 42.2 Å². The Kier molecular flexibility index (Phi) is 6.13.